The molecule has 0 radical (unpaired) electrons. The molecule has 1 unspecified atom stereocenters. The normalized spacial score (nSPS) is 12.1. The Labute approximate surface area is 94.0 Å². The fraction of sp³-hybridized carbons (Fsp3) is 0.364. The minimum Gasteiger partial charge on any atom is -0.493 e. The van der Waals surface area contributed by atoms with E-state index in [9.17, 15) is 4.79 Å². The van der Waals surface area contributed by atoms with E-state index in [2.05, 4.69) is 0 Å². The van der Waals surface area contributed by atoms with Crippen LogP contribution in [0.25, 0.3) is 0 Å². The zero-order valence-electron chi connectivity index (χ0n) is 9.14. The van der Waals surface area contributed by atoms with Gasteiger partial charge < -0.3 is 21.3 Å². The van der Waals surface area contributed by atoms with E-state index in [1.165, 1.54) is 6.07 Å². The lowest BCUT2D eigenvalue weighted by atomic mass is 10.1. The van der Waals surface area contributed by atoms with Crippen molar-refractivity contribution >= 4 is 11.6 Å². The van der Waals surface area contributed by atoms with Gasteiger partial charge in [0.25, 0.3) is 5.91 Å². The number of rotatable bonds is 5. The van der Waals surface area contributed by atoms with E-state index in [1.54, 1.807) is 19.1 Å². The van der Waals surface area contributed by atoms with Crippen molar-refractivity contribution in [2.45, 2.75) is 19.4 Å². The Morgan fingerprint density at radius 3 is 2.81 bits per heavy atom. The maximum Gasteiger partial charge on any atom is 0.252 e. The standard InChI is InChI=1S/C11H16N2O3/c1-7(14)4-5-16-10-6-8(12)2-3-9(10)11(13)15/h2-3,6-7,14H,4-5,12H2,1H3,(H2,13,15). The van der Waals surface area contributed by atoms with E-state index >= 15 is 0 Å². The van der Waals surface area contributed by atoms with Crippen LogP contribution in [-0.2, 0) is 0 Å². The number of aliphatic hydroxyl groups excluding tert-OH is 1. The number of benzene rings is 1. The lowest BCUT2D eigenvalue weighted by Gasteiger charge is -2.11. The van der Waals surface area contributed by atoms with Crippen LogP contribution in [0.15, 0.2) is 18.2 Å². The summed E-state index contributed by atoms with van der Waals surface area (Å²) in [6.07, 6.45) is 0.0330. The molecule has 16 heavy (non-hydrogen) atoms. The van der Waals surface area contributed by atoms with Crippen molar-refractivity contribution in [3.05, 3.63) is 23.8 Å². The second-order valence-electron chi connectivity index (χ2n) is 3.61. The zero-order valence-corrected chi connectivity index (χ0v) is 9.14. The maximum absolute atomic E-state index is 11.1. The van der Waals surface area contributed by atoms with Gasteiger partial charge in [-0.25, -0.2) is 0 Å². The number of anilines is 1. The number of primary amides is 1. The van der Waals surface area contributed by atoms with Crippen molar-refractivity contribution in [2.75, 3.05) is 12.3 Å². The summed E-state index contributed by atoms with van der Waals surface area (Å²) in [6.45, 7) is 1.97. The molecule has 0 bridgehead atoms. The molecule has 5 heteroatoms. The topological polar surface area (TPSA) is 98.6 Å². The van der Waals surface area contributed by atoms with Crippen LogP contribution < -0.4 is 16.2 Å². The number of amides is 1. The summed E-state index contributed by atoms with van der Waals surface area (Å²) in [5.74, 6) is -0.208. The monoisotopic (exact) mass is 224 g/mol. The highest BCUT2D eigenvalue weighted by molar-refractivity contribution is 5.96. The molecule has 1 aromatic rings. The fourth-order valence-electron chi connectivity index (χ4n) is 1.20. The smallest absolute Gasteiger partial charge is 0.252 e. The molecule has 0 saturated carbocycles. The second-order valence-corrected chi connectivity index (χ2v) is 3.61. The fourth-order valence-corrected chi connectivity index (χ4v) is 1.20. The second kappa shape index (κ2) is 5.37. The molecule has 0 aromatic heterocycles. The highest BCUT2D eigenvalue weighted by Gasteiger charge is 2.09. The van der Waals surface area contributed by atoms with Gasteiger partial charge in [0.2, 0.25) is 0 Å². The predicted molar refractivity (Wildman–Crippen MR) is 61.2 cm³/mol. The van der Waals surface area contributed by atoms with Crippen molar-refractivity contribution in [2.24, 2.45) is 5.73 Å². The Bertz CT molecular complexity index is 377. The van der Waals surface area contributed by atoms with Crippen molar-refractivity contribution in [3.63, 3.8) is 0 Å². The van der Waals surface area contributed by atoms with Crippen LogP contribution in [-0.4, -0.2) is 23.7 Å². The average molecular weight is 224 g/mol. The van der Waals surface area contributed by atoms with Gasteiger partial charge in [0, 0.05) is 18.2 Å². The molecule has 0 heterocycles. The molecule has 1 amide bonds. The Morgan fingerprint density at radius 2 is 2.25 bits per heavy atom. The van der Waals surface area contributed by atoms with Crippen LogP contribution >= 0.6 is 0 Å². The van der Waals surface area contributed by atoms with E-state index in [0.717, 1.165) is 0 Å². The summed E-state index contributed by atoms with van der Waals surface area (Å²) in [6, 6.07) is 4.65. The van der Waals surface area contributed by atoms with Crippen LogP contribution in [0.4, 0.5) is 5.69 Å². The molecule has 1 rings (SSSR count). The minimum atomic E-state index is -0.563. The van der Waals surface area contributed by atoms with E-state index in [0.29, 0.717) is 30.0 Å². The van der Waals surface area contributed by atoms with Gasteiger partial charge in [0.15, 0.2) is 0 Å². The molecule has 5 nitrogen and oxygen atoms in total. The average Bonchev–Trinajstić information content (AvgIpc) is 2.16. The lowest BCUT2D eigenvalue weighted by Crippen LogP contribution is -2.15. The molecule has 0 fully saturated rings. The number of carbonyl (C=O) groups excluding carboxylic acids is 1. The quantitative estimate of drug-likeness (QED) is 0.635. The third-order valence-corrected chi connectivity index (χ3v) is 2.06. The van der Waals surface area contributed by atoms with Crippen LogP contribution in [0, 0.1) is 0 Å². The Hall–Kier alpha value is -1.75. The van der Waals surface area contributed by atoms with Crippen molar-refractivity contribution < 1.29 is 14.6 Å². The molecule has 0 aliphatic carbocycles. The summed E-state index contributed by atoms with van der Waals surface area (Å²) in [5, 5.41) is 9.07. The highest BCUT2D eigenvalue weighted by Crippen LogP contribution is 2.21. The molecule has 0 saturated heterocycles. The van der Waals surface area contributed by atoms with Crippen LogP contribution in [0.5, 0.6) is 5.75 Å². The van der Waals surface area contributed by atoms with E-state index in [4.69, 9.17) is 21.3 Å². The number of hydrogen-bond acceptors (Lipinski definition) is 4. The predicted octanol–water partition coefficient (Wildman–Crippen LogP) is 0.517. The largest absolute Gasteiger partial charge is 0.493 e. The molecule has 0 aliphatic rings. The summed E-state index contributed by atoms with van der Waals surface area (Å²) >= 11 is 0. The first-order valence-corrected chi connectivity index (χ1v) is 5.01. The Balaban J connectivity index is 2.76. The molecular weight excluding hydrogens is 208 g/mol. The van der Waals surface area contributed by atoms with Crippen LogP contribution in [0.1, 0.15) is 23.7 Å². The number of hydrogen-bond donors (Lipinski definition) is 3. The number of nitrogen functional groups attached to an aromatic ring is 1. The van der Waals surface area contributed by atoms with Crippen molar-refractivity contribution in [1.29, 1.82) is 0 Å². The molecular formula is C11H16N2O3. The summed E-state index contributed by atoms with van der Waals surface area (Å²) in [7, 11) is 0. The van der Waals surface area contributed by atoms with Gasteiger partial charge in [-0.15, -0.1) is 0 Å². The van der Waals surface area contributed by atoms with Gasteiger partial charge in [-0.1, -0.05) is 0 Å². The molecule has 1 aromatic carbocycles. The Morgan fingerprint density at radius 1 is 1.56 bits per heavy atom. The minimum absolute atomic E-state index is 0.291. The summed E-state index contributed by atoms with van der Waals surface area (Å²) < 4.78 is 5.35. The van der Waals surface area contributed by atoms with E-state index in [-0.39, 0.29) is 0 Å². The van der Waals surface area contributed by atoms with E-state index < -0.39 is 12.0 Å². The highest BCUT2D eigenvalue weighted by atomic mass is 16.5. The first-order chi connectivity index (χ1) is 7.50. The van der Waals surface area contributed by atoms with Crippen molar-refractivity contribution in [1.82, 2.24) is 0 Å². The zero-order chi connectivity index (χ0) is 12.1. The molecule has 0 spiro atoms. The van der Waals surface area contributed by atoms with E-state index in [1.807, 2.05) is 0 Å². The third-order valence-electron chi connectivity index (χ3n) is 2.06. The van der Waals surface area contributed by atoms with Gasteiger partial charge in [-0.2, -0.15) is 0 Å². The molecule has 0 aliphatic heterocycles. The molecule has 1 atom stereocenters. The SMILES string of the molecule is CC(O)CCOc1cc(N)ccc1C(N)=O. The molecule has 88 valence electrons. The van der Waals surface area contributed by atoms with Gasteiger partial charge in [0.05, 0.1) is 18.3 Å². The number of aliphatic hydroxyl groups is 1. The Kier molecular flexibility index (Phi) is 4.13. The first kappa shape index (κ1) is 12.3. The van der Waals surface area contributed by atoms with Gasteiger partial charge in [-0.3, -0.25) is 4.79 Å². The lowest BCUT2D eigenvalue weighted by molar-refractivity contribution is 0.0995. The van der Waals surface area contributed by atoms with Crippen LogP contribution in [0.2, 0.25) is 0 Å². The van der Waals surface area contributed by atoms with Gasteiger partial charge in [0.1, 0.15) is 5.75 Å². The van der Waals surface area contributed by atoms with Crippen LogP contribution in [0.3, 0.4) is 0 Å². The number of nitrogens with two attached hydrogens (primary N) is 2. The maximum atomic E-state index is 11.1. The summed E-state index contributed by atoms with van der Waals surface area (Å²) in [5.41, 5.74) is 11.6. The third kappa shape index (κ3) is 3.43. The number of carbonyl (C=O) groups is 1. The first-order valence-electron chi connectivity index (χ1n) is 5.01. The van der Waals surface area contributed by atoms with Gasteiger partial charge >= 0.3 is 0 Å². The summed E-state index contributed by atoms with van der Waals surface area (Å²) in [4.78, 5) is 11.1. The number of ether oxygens (including phenoxy) is 1. The van der Waals surface area contributed by atoms with Crippen molar-refractivity contribution in [3.8, 4) is 5.75 Å². The van der Waals surface area contributed by atoms with Gasteiger partial charge in [-0.05, 0) is 19.1 Å². The molecule has 5 N–H and O–H groups in total.